The molecule has 0 amide bonds. The Morgan fingerprint density at radius 1 is 0.795 bits per heavy atom. The number of nitrogens with zero attached hydrogens (tertiary/aromatic N) is 4. The molecule has 1 atom stereocenters. The largest absolute Gasteiger partial charge is 0.536 e. The molecule has 44 heavy (non-hydrogen) atoms. The van der Waals surface area contributed by atoms with Crippen molar-refractivity contribution >= 4 is 24.9 Å². The maximum absolute atomic E-state index is 14.7. The smallest absolute Gasteiger partial charge is 0.353 e. The molecule has 0 aliphatic heterocycles. The van der Waals surface area contributed by atoms with Gasteiger partial charge in [-0.3, -0.25) is 4.35 Å². The summed E-state index contributed by atoms with van der Waals surface area (Å²) < 4.78 is 18.1. The van der Waals surface area contributed by atoms with Gasteiger partial charge < -0.3 is 8.85 Å². The first-order valence-corrected chi connectivity index (χ1v) is 23.9. The maximum atomic E-state index is 14.7. The van der Waals surface area contributed by atoms with Crippen molar-refractivity contribution in [2.45, 2.75) is 142 Å². The van der Waals surface area contributed by atoms with Crippen LogP contribution in [0.2, 0.25) is 52.9 Å². The summed E-state index contributed by atoms with van der Waals surface area (Å²) in [5, 5.41) is 10.0. The number of para-hydroxylation sites is 1. The molecular formula is C33H58N4O4Si3. The number of hydrogen-bond donors (Lipinski definition) is 0. The van der Waals surface area contributed by atoms with E-state index in [0.29, 0.717) is 5.69 Å². The van der Waals surface area contributed by atoms with Crippen LogP contribution in [0.15, 0.2) is 51.8 Å². The highest BCUT2D eigenvalue weighted by atomic mass is 28.4. The summed E-state index contributed by atoms with van der Waals surface area (Å²) in [5.74, 6) is 0.115. The second-order valence-electron chi connectivity index (χ2n) is 16.0. The fraction of sp³-hybridized carbons (Fsp3) is 0.667. The molecule has 1 heterocycles. The van der Waals surface area contributed by atoms with Crippen molar-refractivity contribution in [2.24, 2.45) is 0 Å². The zero-order valence-electron chi connectivity index (χ0n) is 30.2. The Hall–Kier alpha value is -2.40. The van der Waals surface area contributed by atoms with Crippen molar-refractivity contribution in [3.63, 3.8) is 0 Å². The Kier molecular flexibility index (Phi) is 11.3. The summed E-state index contributed by atoms with van der Waals surface area (Å²) in [5.41, 5.74) is 0.00792. The summed E-state index contributed by atoms with van der Waals surface area (Å²) >= 11 is 0. The third kappa shape index (κ3) is 7.03. The molecule has 0 N–H and O–H groups in total. The molecule has 0 saturated carbocycles. The van der Waals surface area contributed by atoms with Gasteiger partial charge in [0.1, 0.15) is 6.07 Å². The van der Waals surface area contributed by atoms with Crippen LogP contribution in [0.5, 0.6) is 0 Å². The molecule has 1 unspecified atom stereocenters. The minimum absolute atomic E-state index is 0.115. The van der Waals surface area contributed by atoms with Crippen molar-refractivity contribution < 1.29 is 8.85 Å². The average Bonchev–Trinajstić information content (AvgIpc) is 3.11. The molecule has 0 radical (unpaired) electrons. The number of benzene rings is 1. The van der Waals surface area contributed by atoms with Crippen molar-refractivity contribution in [1.82, 2.24) is 13.6 Å². The Labute approximate surface area is 269 Å². The molecule has 0 spiro atoms. The van der Waals surface area contributed by atoms with Gasteiger partial charge in [0.15, 0.2) is 28.5 Å². The van der Waals surface area contributed by atoms with Crippen LogP contribution in [0.25, 0.3) is 5.69 Å². The lowest BCUT2D eigenvalue weighted by molar-refractivity contribution is 0.133. The molecule has 1 aromatic heterocycles. The second kappa shape index (κ2) is 13.1. The lowest BCUT2D eigenvalue weighted by Gasteiger charge is -2.45. The van der Waals surface area contributed by atoms with E-state index in [9.17, 15) is 14.9 Å². The molecule has 0 aliphatic rings. The van der Waals surface area contributed by atoms with Crippen LogP contribution in [-0.2, 0) is 8.85 Å². The minimum Gasteiger partial charge on any atom is -0.536 e. The minimum atomic E-state index is -2.82. The normalized spacial score (nSPS) is 14.8. The molecule has 0 bridgehead atoms. The van der Waals surface area contributed by atoms with E-state index in [1.807, 2.05) is 18.2 Å². The summed E-state index contributed by atoms with van der Waals surface area (Å²) in [7, 11) is -7.80. The monoisotopic (exact) mass is 658 g/mol. The topological polar surface area (TPSA) is 91.2 Å². The molecule has 246 valence electrons. The van der Waals surface area contributed by atoms with Gasteiger partial charge in [0.25, 0.3) is 8.32 Å². The quantitative estimate of drug-likeness (QED) is 0.137. The van der Waals surface area contributed by atoms with Gasteiger partial charge in [0.2, 0.25) is 0 Å². The Morgan fingerprint density at radius 3 is 1.64 bits per heavy atom. The van der Waals surface area contributed by atoms with Gasteiger partial charge in [0, 0.05) is 6.08 Å². The first-order chi connectivity index (χ1) is 19.9. The predicted molar refractivity (Wildman–Crippen MR) is 190 cm³/mol. The van der Waals surface area contributed by atoms with Crippen LogP contribution in [-0.4, -0.2) is 38.5 Å². The van der Waals surface area contributed by atoms with Crippen molar-refractivity contribution in [3.8, 4) is 11.8 Å². The predicted octanol–water partition coefficient (Wildman–Crippen LogP) is 8.77. The first kappa shape index (κ1) is 37.8. The third-order valence-corrected chi connectivity index (χ3v) is 25.6. The highest BCUT2D eigenvalue weighted by molar-refractivity contribution is 6.81. The van der Waals surface area contributed by atoms with E-state index in [4.69, 9.17) is 8.85 Å². The summed E-state index contributed by atoms with van der Waals surface area (Å²) in [6, 6.07) is 11.3. The van der Waals surface area contributed by atoms with Gasteiger partial charge in [-0.25, -0.2) is 18.8 Å². The van der Waals surface area contributed by atoms with Crippen LogP contribution >= 0.6 is 0 Å². The van der Waals surface area contributed by atoms with Crippen molar-refractivity contribution in [3.05, 3.63) is 63.1 Å². The fourth-order valence-corrected chi connectivity index (χ4v) is 14.4. The van der Waals surface area contributed by atoms with E-state index >= 15 is 0 Å². The van der Waals surface area contributed by atoms with Gasteiger partial charge in [-0.2, -0.15) is 5.26 Å². The third-order valence-electron chi connectivity index (χ3n) is 10.2. The zero-order valence-corrected chi connectivity index (χ0v) is 33.2. The summed E-state index contributed by atoms with van der Waals surface area (Å²) in [6.45, 7) is 34.1. The number of allylic oxidation sites excluding steroid dienone is 1. The van der Waals surface area contributed by atoms with E-state index in [2.05, 4.69) is 115 Å². The van der Waals surface area contributed by atoms with E-state index in [0.717, 1.165) is 0 Å². The first-order valence-electron chi connectivity index (χ1n) is 15.9. The standard InChI is InChI=1S/C33H58N4O4Si3/c1-24(2)44(25(3)4,26(5)6)37-31(39)35(27-20-18-17-19-21-27)30(38)36(37)29(41-43(15,16)33(10,11)12)22-28(23-34)40-42(13,14)32(7,8)9/h17-22,24-26,29H,1-16H3/b28-22+. The lowest BCUT2D eigenvalue weighted by atomic mass is 10.2. The number of aromatic nitrogens is 3. The Morgan fingerprint density at radius 2 is 1.25 bits per heavy atom. The fourth-order valence-electron chi connectivity index (χ4n) is 5.85. The van der Waals surface area contributed by atoms with Gasteiger partial charge in [-0.05, 0) is 65.0 Å². The molecule has 8 nitrogen and oxygen atoms in total. The molecule has 0 saturated heterocycles. The lowest BCUT2D eigenvalue weighted by Crippen LogP contribution is -2.59. The van der Waals surface area contributed by atoms with Crippen LogP contribution in [0.1, 0.15) is 89.3 Å². The maximum Gasteiger partial charge on any atom is 0.353 e. The van der Waals surface area contributed by atoms with Gasteiger partial charge in [-0.1, -0.05) is 101 Å². The molecule has 2 rings (SSSR count). The SMILES string of the molecule is CC(C)[Si](C(C)C)(C(C)C)n1c(=O)n(-c2ccccc2)c(=O)n1C(/C=C(\C#N)O[Si](C)(C)C(C)(C)C)O[Si](C)(C)C(C)(C)C. The average molecular weight is 659 g/mol. The number of rotatable bonds is 11. The molecule has 0 aliphatic carbocycles. The van der Waals surface area contributed by atoms with Gasteiger partial charge >= 0.3 is 11.4 Å². The molecule has 11 heteroatoms. The van der Waals surface area contributed by atoms with E-state index in [-0.39, 0.29) is 38.1 Å². The molecule has 0 fully saturated rings. The van der Waals surface area contributed by atoms with E-state index < -0.39 is 36.8 Å². The Balaban J connectivity index is 3.22. The highest BCUT2D eigenvalue weighted by Gasteiger charge is 2.51. The zero-order chi connectivity index (χ0) is 34.2. The van der Waals surface area contributed by atoms with E-state index in [1.54, 1.807) is 22.6 Å². The van der Waals surface area contributed by atoms with Gasteiger partial charge in [0.05, 0.1) is 5.69 Å². The molecule has 1 aromatic carbocycles. The van der Waals surface area contributed by atoms with Crippen LogP contribution in [0.3, 0.4) is 0 Å². The summed E-state index contributed by atoms with van der Waals surface area (Å²) in [6.07, 6.45) is 0.622. The van der Waals surface area contributed by atoms with E-state index in [1.165, 1.54) is 9.25 Å². The molecule has 2 aromatic rings. The Bertz CT molecular complexity index is 1460. The van der Waals surface area contributed by atoms with Gasteiger partial charge in [-0.15, -0.1) is 0 Å². The molecular weight excluding hydrogens is 601 g/mol. The second-order valence-corrected chi connectivity index (χ2v) is 31.2. The van der Waals surface area contributed by atoms with Crippen molar-refractivity contribution in [2.75, 3.05) is 0 Å². The van der Waals surface area contributed by atoms with Crippen molar-refractivity contribution in [1.29, 1.82) is 5.26 Å². The number of hydrogen-bond acceptors (Lipinski definition) is 5. The van der Waals surface area contributed by atoms with Crippen LogP contribution in [0, 0.1) is 11.3 Å². The number of nitriles is 1. The van der Waals surface area contributed by atoms with Crippen LogP contribution in [0.4, 0.5) is 0 Å². The van der Waals surface area contributed by atoms with Crippen LogP contribution < -0.4 is 11.4 Å². The highest BCUT2D eigenvalue weighted by Crippen LogP contribution is 2.44. The summed E-state index contributed by atoms with van der Waals surface area (Å²) in [4.78, 5) is 29.5.